The Morgan fingerprint density at radius 1 is 1.10 bits per heavy atom. The van der Waals surface area contributed by atoms with E-state index < -0.39 is 0 Å². The van der Waals surface area contributed by atoms with Gasteiger partial charge in [0.25, 0.3) is 0 Å². The molecule has 2 unspecified atom stereocenters. The Morgan fingerprint density at radius 3 is 2.10 bits per heavy atom. The predicted octanol–water partition coefficient (Wildman–Crippen LogP) is 5.85. The highest BCUT2D eigenvalue weighted by molar-refractivity contribution is 5.96. The number of benzene rings is 1. The maximum Gasteiger partial charge on any atom is 0.163 e. The van der Waals surface area contributed by atoms with Crippen molar-refractivity contribution in [1.82, 2.24) is 0 Å². The third kappa shape index (κ3) is 5.48. The van der Waals surface area contributed by atoms with Crippen LogP contribution in [0.3, 0.4) is 0 Å². The van der Waals surface area contributed by atoms with Gasteiger partial charge in [0.05, 0.1) is 0 Å². The number of hydrogen-bond donors (Lipinski definition) is 0. The first-order valence-corrected chi connectivity index (χ1v) is 7.86. The van der Waals surface area contributed by atoms with Crippen molar-refractivity contribution >= 4 is 5.78 Å². The van der Waals surface area contributed by atoms with E-state index in [1.807, 2.05) is 12.1 Å². The SMILES string of the molecule is CCC(C)c1ccc(C(=O)CC(C)CC(C)(C)C)cc1. The molecule has 1 heteroatoms. The number of carbonyl (C=O) groups is 1. The lowest BCUT2D eigenvalue weighted by molar-refractivity contribution is 0.0954. The van der Waals surface area contributed by atoms with Gasteiger partial charge in [-0.2, -0.15) is 0 Å². The van der Waals surface area contributed by atoms with Gasteiger partial charge < -0.3 is 0 Å². The minimum atomic E-state index is 0.275. The fourth-order valence-corrected chi connectivity index (χ4v) is 2.79. The third-order valence-corrected chi connectivity index (χ3v) is 3.91. The van der Waals surface area contributed by atoms with Crippen molar-refractivity contribution in [3.8, 4) is 0 Å². The van der Waals surface area contributed by atoms with Gasteiger partial charge in [0.1, 0.15) is 0 Å². The monoisotopic (exact) mass is 274 g/mol. The Bertz CT molecular complexity index is 422. The molecule has 0 heterocycles. The van der Waals surface area contributed by atoms with Gasteiger partial charge >= 0.3 is 0 Å². The van der Waals surface area contributed by atoms with Gasteiger partial charge in [-0.25, -0.2) is 0 Å². The fourth-order valence-electron chi connectivity index (χ4n) is 2.79. The molecule has 0 spiro atoms. The molecule has 1 nitrogen and oxygen atoms in total. The molecular weight excluding hydrogens is 244 g/mol. The largest absolute Gasteiger partial charge is 0.294 e. The highest BCUT2D eigenvalue weighted by Crippen LogP contribution is 2.27. The standard InChI is InChI=1S/C19H30O/c1-7-15(3)16-8-10-17(11-9-16)18(20)12-14(2)13-19(4,5)6/h8-11,14-15H,7,12-13H2,1-6H3. The average molecular weight is 274 g/mol. The van der Waals surface area contributed by atoms with Crippen LogP contribution in [0, 0.1) is 11.3 Å². The van der Waals surface area contributed by atoms with Crippen LogP contribution in [0.15, 0.2) is 24.3 Å². The van der Waals surface area contributed by atoms with Gasteiger partial charge in [-0.1, -0.05) is 65.8 Å². The van der Waals surface area contributed by atoms with Gasteiger partial charge in [0, 0.05) is 12.0 Å². The predicted molar refractivity (Wildman–Crippen MR) is 87.3 cm³/mol. The second-order valence-corrected chi connectivity index (χ2v) is 7.43. The van der Waals surface area contributed by atoms with Crippen molar-refractivity contribution in [2.75, 3.05) is 0 Å². The Hall–Kier alpha value is -1.11. The molecule has 0 aliphatic carbocycles. The summed E-state index contributed by atoms with van der Waals surface area (Å²) in [4.78, 5) is 12.3. The number of rotatable bonds is 6. The van der Waals surface area contributed by atoms with Crippen molar-refractivity contribution in [2.45, 2.75) is 66.7 Å². The Kier molecular flexibility index (Phi) is 5.98. The Morgan fingerprint density at radius 2 is 1.65 bits per heavy atom. The van der Waals surface area contributed by atoms with E-state index in [2.05, 4.69) is 53.7 Å². The summed E-state index contributed by atoms with van der Waals surface area (Å²) in [5.41, 5.74) is 2.48. The first-order chi connectivity index (χ1) is 9.23. The lowest BCUT2D eigenvalue weighted by atomic mass is 9.83. The summed E-state index contributed by atoms with van der Waals surface area (Å²) in [7, 11) is 0. The van der Waals surface area contributed by atoms with Crippen molar-refractivity contribution in [1.29, 1.82) is 0 Å². The molecule has 20 heavy (non-hydrogen) atoms. The van der Waals surface area contributed by atoms with Crippen LogP contribution in [-0.2, 0) is 0 Å². The Labute approximate surface area is 124 Å². The van der Waals surface area contributed by atoms with Gasteiger partial charge in [0.15, 0.2) is 5.78 Å². The molecule has 0 aliphatic heterocycles. The first-order valence-electron chi connectivity index (χ1n) is 7.86. The van der Waals surface area contributed by atoms with Crippen molar-refractivity contribution < 1.29 is 4.79 Å². The molecule has 0 radical (unpaired) electrons. The zero-order valence-electron chi connectivity index (χ0n) is 14.0. The van der Waals surface area contributed by atoms with Gasteiger partial charge in [0.2, 0.25) is 0 Å². The van der Waals surface area contributed by atoms with Crippen molar-refractivity contribution in [3.05, 3.63) is 35.4 Å². The summed E-state index contributed by atoms with van der Waals surface area (Å²) in [5.74, 6) is 1.29. The van der Waals surface area contributed by atoms with Crippen LogP contribution in [0.2, 0.25) is 0 Å². The molecule has 0 saturated heterocycles. The summed E-state index contributed by atoms with van der Waals surface area (Å²) >= 11 is 0. The summed E-state index contributed by atoms with van der Waals surface area (Å²) in [5, 5.41) is 0. The van der Waals surface area contributed by atoms with Crippen molar-refractivity contribution in [3.63, 3.8) is 0 Å². The summed E-state index contributed by atoms with van der Waals surface area (Å²) in [6, 6.07) is 8.20. The van der Waals surface area contributed by atoms with E-state index in [9.17, 15) is 4.79 Å². The van der Waals surface area contributed by atoms with Crippen LogP contribution in [0.1, 0.15) is 82.6 Å². The van der Waals surface area contributed by atoms with E-state index in [-0.39, 0.29) is 5.78 Å². The van der Waals surface area contributed by atoms with E-state index >= 15 is 0 Å². The minimum Gasteiger partial charge on any atom is -0.294 e. The molecule has 0 bridgehead atoms. The lowest BCUT2D eigenvalue weighted by Crippen LogP contribution is -2.14. The first kappa shape index (κ1) is 16.9. The minimum absolute atomic E-state index is 0.275. The van der Waals surface area contributed by atoms with E-state index in [4.69, 9.17) is 0 Å². The maximum absolute atomic E-state index is 12.3. The van der Waals surface area contributed by atoms with Crippen LogP contribution in [0.5, 0.6) is 0 Å². The van der Waals surface area contributed by atoms with Crippen LogP contribution < -0.4 is 0 Å². The molecule has 1 aromatic rings. The van der Waals surface area contributed by atoms with Gasteiger partial charge in [-0.15, -0.1) is 0 Å². The third-order valence-electron chi connectivity index (χ3n) is 3.91. The molecule has 112 valence electrons. The summed E-state index contributed by atoms with van der Waals surface area (Å²) in [6.45, 7) is 13.3. The fraction of sp³-hybridized carbons (Fsp3) is 0.632. The van der Waals surface area contributed by atoms with Gasteiger partial charge in [-0.05, 0) is 35.7 Å². The van der Waals surface area contributed by atoms with E-state index in [0.29, 0.717) is 23.7 Å². The molecule has 2 atom stereocenters. The molecule has 1 aromatic carbocycles. The van der Waals surface area contributed by atoms with Crippen LogP contribution in [0.4, 0.5) is 0 Å². The second kappa shape index (κ2) is 7.06. The zero-order valence-corrected chi connectivity index (χ0v) is 14.0. The van der Waals surface area contributed by atoms with Crippen LogP contribution in [0.25, 0.3) is 0 Å². The quantitative estimate of drug-likeness (QED) is 0.595. The highest BCUT2D eigenvalue weighted by Gasteiger charge is 2.18. The zero-order chi connectivity index (χ0) is 15.3. The van der Waals surface area contributed by atoms with E-state index in [1.165, 1.54) is 5.56 Å². The van der Waals surface area contributed by atoms with Crippen LogP contribution >= 0.6 is 0 Å². The molecule has 0 aromatic heterocycles. The number of Topliss-reactive ketones (excluding diaryl/α,β-unsaturated/α-hetero) is 1. The molecule has 0 amide bonds. The molecule has 1 rings (SSSR count). The molecular formula is C19H30O. The molecule has 0 fully saturated rings. The molecule has 0 saturated carbocycles. The number of hydrogen-bond acceptors (Lipinski definition) is 1. The molecule has 0 aliphatic rings. The van der Waals surface area contributed by atoms with E-state index in [1.54, 1.807) is 0 Å². The lowest BCUT2D eigenvalue weighted by Gasteiger charge is -2.22. The van der Waals surface area contributed by atoms with Crippen LogP contribution in [-0.4, -0.2) is 5.78 Å². The Balaban J connectivity index is 2.64. The average Bonchev–Trinajstić information content (AvgIpc) is 2.35. The highest BCUT2D eigenvalue weighted by atomic mass is 16.1. The second-order valence-electron chi connectivity index (χ2n) is 7.43. The van der Waals surface area contributed by atoms with Crippen molar-refractivity contribution in [2.24, 2.45) is 11.3 Å². The molecule has 0 N–H and O–H groups in total. The van der Waals surface area contributed by atoms with E-state index in [0.717, 1.165) is 18.4 Å². The summed E-state index contributed by atoms with van der Waals surface area (Å²) < 4.78 is 0. The topological polar surface area (TPSA) is 17.1 Å². The normalized spacial score (nSPS) is 14.9. The maximum atomic E-state index is 12.3. The summed E-state index contributed by atoms with van der Waals surface area (Å²) in [6.07, 6.45) is 2.87. The number of ketones is 1. The smallest absolute Gasteiger partial charge is 0.163 e. The number of carbonyl (C=O) groups excluding carboxylic acids is 1. The van der Waals surface area contributed by atoms with Gasteiger partial charge in [-0.3, -0.25) is 4.79 Å².